The van der Waals surface area contributed by atoms with Crippen LogP contribution in [0, 0.1) is 5.41 Å². The zero-order valence-electron chi connectivity index (χ0n) is 27.7. The van der Waals surface area contributed by atoms with Crippen molar-refractivity contribution in [2.75, 3.05) is 20.0 Å². The van der Waals surface area contributed by atoms with E-state index >= 15 is 0 Å². The van der Waals surface area contributed by atoms with Gasteiger partial charge in [-0.2, -0.15) is 0 Å². The Morgan fingerprint density at radius 2 is 1.16 bits per heavy atom. The fraction of sp³-hybridized carbons (Fsp3) is 0.163. The minimum absolute atomic E-state index is 0.0393. The van der Waals surface area contributed by atoms with Gasteiger partial charge in [0, 0.05) is 45.7 Å². The normalized spacial score (nSPS) is 25.7. The highest BCUT2D eigenvalue weighted by atomic mass is 15.5. The molecule has 2 aliphatic heterocycles. The van der Waals surface area contributed by atoms with Crippen LogP contribution in [0.3, 0.4) is 0 Å². The Labute approximate surface area is 287 Å². The predicted molar refractivity (Wildman–Crippen MR) is 199 cm³/mol. The summed E-state index contributed by atoms with van der Waals surface area (Å²) in [6.45, 7) is 7.15. The van der Waals surface area contributed by atoms with Crippen molar-refractivity contribution in [2.24, 2.45) is 5.41 Å². The Hall–Kier alpha value is -5.88. The van der Waals surface area contributed by atoms with Gasteiger partial charge < -0.3 is 20.0 Å². The number of nitrogens with one attached hydrogen (secondary N) is 1. The van der Waals surface area contributed by atoms with E-state index in [-0.39, 0.29) is 17.0 Å². The molecule has 0 amide bonds. The minimum atomic E-state index is -0.537. The smallest absolute Gasteiger partial charge is 0.178 e. The number of fused-ring (bicyclic) bond motifs is 7. The lowest BCUT2D eigenvalue weighted by Gasteiger charge is -2.59. The highest BCUT2D eigenvalue weighted by molar-refractivity contribution is 5.98. The quantitative estimate of drug-likeness (QED) is 0.208. The Morgan fingerprint density at radius 3 is 1.90 bits per heavy atom. The van der Waals surface area contributed by atoms with Crippen molar-refractivity contribution in [1.29, 1.82) is 0 Å². The molecule has 1 N–H and O–H groups in total. The summed E-state index contributed by atoms with van der Waals surface area (Å²) in [5.74, 6) is 1.73. The van der Waals surface area contributed by atoms with E-state index in [1.807, 2.05) is 0 Å². The summed E-state index contributed by atoms with van der Waals surface area (Å²) in [6, 6.07) is 48.0. The molecule has 0 saturated heterocycles. The standard InChI is InChI=1S/C43H36N6/c1-29-47(30-16-6-4-7-17-30)39-40(45-27-26-44-39)48(29)37-24-14-10-20-32(37)35-28-41(2)42(35,3)33-21-11-12-22-34(33)43(41)46-36-23-13-15-25-38(36)49(43)31-18-8-5-9-19-31/h4-29,46H,1-3H3. The Kier molecular flexibility index (Phi) is 5.65. The van der Waals surface area contributed by atoms with Crippen LogP contribution in [-0.4, -0.2) is 16.1 Å². The molecule has 4 unspecified atom stereocenters. The first-order valence-electron chi connectivity index (χ1n) is 17.1. The lowest BCUT2D eigenvalue weighted by molar-refractivity contribution is 0.165. The van der Waals surface area contributed by atoms with Gasteiger partial charge in [0.05, 0.1) is 17.1 Å². The summed E-state index contributed by atoms with van der Waals surface area (Å²) in [6.07, 6.45) is 6.10. The largest absolute Gasteiger partial charge is 0.356 e. The van der Waals surface area contributed by atoms with Gasteiger partial charge in [-0.25, -0.2) is 9.97 Å². The van der Waals surface area contributed by atoms with E-state index in [2.05, 4.69) is 180 Å². The molecule has 4 atom stereocenters. The Balaban J connectivity index is 1.18. The number of allylic oxidation sites excluding steroid dienone is 1. The fourth-order valence-corrected chi connectivity index (χ4v) is 9.48. The maximum absolute atomic E-state index is 4.93. The number of hydrogen-bond donors (Lipinski definition) is 1. The summed E-state index contributed by atoms with van der Waals surface area (Å²) < 4.78 is 0. The van der Waals surface area contributed by atoms with Gasteiger partial charge in [-0.1, -0.05) is 111 Å². The number of para-hydroxylation sites is 5. The van der Waals surface area contributed by atoms with Crippen LogP contribution in [0.5, 0.6) is 0 Å². The van der Waals surface area contributed by atoms with Crippen molar-refractivity contribution in [3.63, 3.8) is 0 Å². The number of rotatable bonds is 4. The number of nitrogens with zero attached hydrogens (tertiary/aromatic N) is 5. The molecule has 6 aromatic rings. The van der Waals surface area contributed by atoms with Gasteiger partial charge in [0.2, 0.25) is 0 Å². The second-order valence-corrected chi connectivity index (χ2v) is 13.9. The van der Waals surface area contributed by atoms with Crippen LogP contribution in [0.2, 0.25) is 0 Å². The fourth-order valence-electron chi connectivity index (χ4n) is 9.48. The first-order chi connectivity index (χ1) is 24.0. The Morgan fingerprint density at radius 1 is 0.592 bits per heavy atom. The second-order valence-electron chi connectivity index (χ2n) is 13.9. The number of hydrogen-bond acceptors (Lipinski definition) is 6. The highest BCUT2D eigenvalue weighted by Crippen LogP contribution is 2.76. The maximum Gasteiger partial charge on any atom is 0.178 e. The van der Waals surface area contributed by atoms with Gasteiger partial charge in [0.15, 0.2) is 17.3 Å². The molecule has 238 valence electrons. The van der Waals surface area contributed by atoms with Gasteiger partial charge in [0.25, 0.3) is 0 Å². The van der Waals surface area contributed by atoms with Gasteiger partial charge in [-0.15, -0.1) is 0 Å². The van der Waals surface area contributed by atoms with E-state index in [1.54, 1.807) is 12.4 Å². The van der Waals surface area contributed by atoms with Crippen molar-refractivity contribution in [3.8, 4) is 0 Å². The van der Waals surface area contributed by atoms with Crippen molar-refractivity contribution in [2.45, 2.75) is 38.0 Å². The van der Waals surface area contributed by atoms with Crippen LogP contribution in [-0.2, 0) is 11.1 Å². The molecule has 6 heteroatoms. The molecule has 0 radical (unpaired) electrons. The van der Waals surface area contributed by atoms with Crippen LogP contribution < -0.4 is 20.0 Å². The van der Waals surface area contributed by atoms with Gasteiger partial charge in [0.1, 0.15) is 6.17 Å². The SMILES string of the molecule is CC1N(c2ccccc2)c2nccnc2N1c1ccccc1C1=CC2(C)C1(C)c1ccccc1C21Nc2ccccc2N1c1ccccc1. The van der Waals surface area contributed by atoms with Gasteiger partial charge in [-0.05, 0) is 60.5 Å². The van der Waals surface area contributed by atoms with Crippen molar-refractivity contribution >= 4 is 45.6 Å². The third-order valence-electron chi connectivity index (χ3n) is 11.8. The molecular formula is C43H36N6. The highest BCUT2D eigenvalue weighted by Gasteiger charge is 2.75. The third-order valence-corrected chi connectivity index (χ3v) is 11.8. The topological polar surface area (TPSA) is 47.5 Å². The van der Waals surface area contributed by atoms with Crippen LogP contribution in [0.4, 0.5) is 40.1 Å². The molecule has 10 rings (SSSR count). The molecular weight excluding hydrogens is 601 g/mol. The molecule has 0 bridgehead atoms. The van der Waals surface area contributed by atoms with Crippen LogP contribution in [0.1, 0.15) is 37.5 Å². The van der Waals surface area contributed by atoms with Crippen molar-refractivity contribution in [1.82, 2.24) is 9.97 Å². The molecule has 2 aliphatic carbocycles. The number of anilines is 7. The van der Waals surface area contributed by atoms with Crippen LogP contribution >= 0.6 is 0 Å². The summed E-state index contributed by atoms with van der Waals surface area (Å²) in [4.78, 5) is 17.0. The summed E-state index contributed by atoms with van der Waals surface area (Å²) in [7, 11) is 0. The molecule has 3 heterocycles. The van der Waals surface area contributed by atoms with E-state index < -0.39 is 5.66 Å². The van der Waals surface area contributed by atoms with E-state index in [0.29, 0.717) is 0 Å². The molecule has 1 spiro atoms. The van der Waals surface area contributed by atoms with E-state index in [4.69, 9.17) is 9.97 Å². The summed E-state index contributed by atoms with van der Waals surface area (Å²) in [5.41, 5.74) is 9.79. The first-order valence-corrected chi connectivity index (χ1v) is 17.1. The van der Waals surface area contributed by atoms with Crippen molar-refractivity contribution in [3.05, 3.63) is 169 Å². The lowest BCUT2D eigenvalue weighted by Crippen LogP contribution is -2.62. The molecule has 0 fully saturated rings. The molecule has 5 aromatic carbocycles. The first kappa shape index (κ1) is 28.2. The monoisotopic (exact) mass is 636 g/mol. The average molecular weight is 637 g/mol. The molecule has 1 aromatic heterocycles. The molecule has 49 heavy (non-hydrogen) atoms. The van der Waals surface area contributed by atoms with Gasteiger partial charge in [-0.3, -0.25) is 0 Å². The molecule has 0 saturated carbocycles. The van der Waals surface area contributed by atoms with E-state index in [0.717, 1.165) is 28.7 Å². The van der Waals surface area contributed by atoms with Crippen LogP contribution in [0.25, 0.3) is 5.57 Å². The Bertz CT molecular complexity index is 2300. The average Bonchev–Trinajstić information content (AvgIpc) is 3.70. The van der Waals surface area contributed by atoms with Crippen LogP contribution in [0.15, 0.2) is 152 Å². The third kappa shape index (κ3) is 3.36. The van der Waals surface area contributed by atoms with E-state index in [9.17, 15) is 0 Å². The molecule has 6 nitrogen and oxygen atoms in total. The maximum atomic E-state index is 4.93. The van der Waals surface area contributed by atoms with E-state index in [1.165, 1.54) is 33.6 Å². The number of aromatic nitrogens is 2. The summed E-state index contributed by atoms with van der Waals surface area (Å²) in [5, 5.41) is 4.14. The minimum Gasteiger partial charge on any atom is -0.356 e. The zero-order chi connectivity index (χ0) is 33.0. The number of benzene rings is 5. The van der Waals surface area contributed by atoms with Gasteiger partial charge >= 0.3 is 0 Å². The van der Waals surface area contributed by atoms with Crippen molar-refractivity contribution < 1.29 is 0 Å². The summed E-state index contributed by atoms with van der Waals surface area (Å²) >= 11 is 0. The zero-order valence-corrected chi connectivity index (χ0v) is 27.7. The lowest BCUT2D eigenvalue weighted by atomic mass is 9.49. The predicted octanol–water partition coefficient (Wildman–Crippen LogP) is 9.90. The second kappa shape index (κ2) is 9.83. The molecule has 4 aliphatic rings.